The SMILES string of the molecule is Cl.Cl.N[C@@H]1CCC[C@H]1CC(=O)N1CCN(CC2CC2)c2ccccc21. The van der Waals surface area contributed by atoms with Gasteiger partial charge >= 0.3 is 0 Å². The van der Waals surface area contributed by atoms with Crippen LogP contribution in [0, 0.1) is 11.8 Å². The van der Waals surface area contributed by atoms with E-state index < -0.39 is 0 Å². The summed E-state index contributed by atoms with van der Waals surface area (Å²) in [5, 5.41) is 0. The predicted octanol–water partition coefficient (Wildman–Crippen LogP) is 3.61. The van der Waals surface area contributed by atoms with Gasteiger partial charge in [-0.25, -0.2) is 0 Å². The third-order valence-electron chi connectivity index (χ3n) is 5.74. The first-order valence-electron chi connectivity index (χ1n) is 9.12. The van der Waals surface area contributed by atoms with E-state index in [0.29, 0.717) is 12.3 Å². The zero-order chi connectivity index (χ0) is 15.8. The van der Waals surface area contributed by atoms with Crippen LogP contribution >= 0.6 is 24.8 Å². The standard InChI is InChI=1S/C19H27N3O.2ClH/c20-16-5-3-4-15(16)12-19(23)22-11-10-21(13-14-8-9-14)17-6-1-2-7-18(17)22;;/h1-2,6-7,14-16H,3-5,8-13,20H2;2*1H/t15-,16+;;/m0../s1. The highest BCUT2D eigenvalue weighted by atomic mass is 35.5. The minimum atomic E-state index is 0. The van der Waals surface area contributed by atoms with Crippen LogP contribution in [0.15, 0.2) is 24.3 Å². The van der Waals surface area contributed by atoms with Gasteiger partial charge in [0, 0.05) is 32.1 Å². The minimum Gasteiger partial charge on any atom is -0.368 e. The number of nitrogens with zero attached hydrogens (tertiary/aromatic N) is 2. The number of para-hydroxylation sites is 2. The number of benzene rings is 1. The molecule has 2 aliphatic carbocycles. The van der Waals surface area contributed by atoms with Crippen LogP contribution < -0.4 is 15.5 Å². The minimum absolute atomic E-state index is 0. The fourth-order valence-electron chi connectivity index (χ4n) is 4.14. The average Bonchev–Trinajstić information content (AvgIpc) is 3.29. The Kier molecular flexibility index (Phi) is 7.01. The van der Waals surface area contributed by atoms with Crippen molar-refractivity contribution < 1.29 is 4.79 Å². The molecule has 1 aromatic carbocycles. The van der Waals surface area contributed by atoms with Gasteiger partial charge in [-0.3, -0.25) is 4.79 Å². The number of carbonyl (C=O) groups is 1. The molecule has 3 aliphatic rings. The van der Waals surface area contributed by atoms with Crippen LogP contribution in [0.4, 0.5) is 11.4 Å². The predicted molar refractivity (Wildman–Crippen MR) is 108 cm³/mol. The molecule has 0 radical (unpaired) electrons. The Labute approximate surface area is 162 Å². The molecular formula is C19H29Cl2N3O. The molecule has 0 bridgehead atoms. The maximum Gasteiger partial charge on any atom is 0.227 e. The fraction of sp³-hybridized carbons (Fsp3) is 0.632. The second kappa shape index (κ2) is 8.61. The monoisotopic (exact) mass is 385 g/mol. The lowest BCUT2D eigenvalue weighted by Gasteiger charge is -2.38. The highest BCUT2D eigenvalue weighted by Gasteiger charge is 2.33. The lowest BCUT2D eigenvalue weighted by Crippen LogP contribution is -2.45. The third kappa shape index (κ3) is 4.42. The topological polar surface area (TPSA) is 49.6 Å². The quantitative estimate of drug-likeness (QED) is 0.860. The molecule has 2 atom stereocenters. The summed E-state index contributed by atoms with van der Waals surface area (Å²) in [6.07, 6.45) is 6.69. The lowest BCUT2D eigenvalue weighted by atomic mass is 9.99. The molecule has 2 saturated carbocycles. The molecule has 25 heavy (non-hydrogen) atoms. The first-order valence-corrected chi connectivity index (χ1v) is 9.12. The summed E-state index contributed by atoms with van der Waals surface area (Å²) in [5.74, 6) is 1.49. The van der Waals surface area contributed by atoms with Crippen molar-refractivity contribution in [3.05, 3.63) is 24.3 Å². The van der Waals surface area contributed by atoms with Gasteiger partial charge in [-0.15, -0.1) is 24.8 Å². The van der Waals surface area contributed by atoms with E-state index in [4.69, 9.17) is 5.73 Å². The number of fused-ring (bicyclic) bond motifs is 1. The van der Waals surface area contributed by atoms with Crippen molar-refractivity contribution in [2.75, 3.05) is 29.4 Å². The number of nitrogens with two attached hydrogens (primary N) is 1. The van der Waals surface area contributed by atoms with Gasteiger partial charge in [-0.1, -0.05) is 18.6 Å². The van der Waals surface area contributed by atoms with Crippen molar-refractivity contribution in [1.82, 2.24) is 0 Å². The Morgan fingerprint density at radius 2 is 1.76 bits per heavy atom. The van der Waals surface area contributed by atoms with Crippen LogP contribution in [0.2, 0.25) is 0 Å². The van der Waals surface area contributed by atoms with Crippen LogP contribution in [-0.2, 0) is 4.79 Å². The van der Waals surface area contributed by atoms with Crippen LogP contribution in [0.5, 0.6) is 0 Å². The largest absolute Gasteiger partial charge is 0.368 e. The molecule has 0 spiro atoms. The number of halogens is 2. The summed E-state index contributed by atoms with van der Waals surface area (Å²) in [6, 6.07) is 8.60. The van der Waals surface area contributed by atoms with Crippen LogP contribution in [-0.4, -0.2) is 31.6 Å². The van der Waals surface area contributed by atoms with E-state index in [1.54, 1.807) is 0 Å². The van der Waals surface area contributed by atoms with E-state index >= 15 is 0 Å². The van der Waals surface area contributed by atoms with Gasteiger partial charge in [0.25, 0.3) is 0 Å². The molecule has 140 valence electrons. The summed E-state index contributed by atoms with van der Waals surface area (Å²) in [4.78, 5) is 17.3. The summed E-state index contributed by atoms with van der Waals surface area (Å²) in [6.45, 7) is 2.91. The molecule has 0 saturated heterocycles. The van der Waals surface area contributed by atoms with E-state index in [-0.39, 0.29) is 36.8 Å². The number of amides is 1. The lowest BCUT2D eigenvalue weighted by molar-refractivity contribution is -0.119. The van der Waals surface area contributed by atoms with Gasteiger partial charge in [0.15, 0.2) is 0 Å². The van der Waals surface area contributed by atoms with Crippen molar-refractivity contribution in [2.24, 2.45) is 17.6 Å². The summed E-state index contributed by atoms with van der Waals surface area (Å²) in [7, 11) is 0. The Balaban J connectivity index is 0.00000113. The van der Waals surface area contributed by atoms with Gasteiger partial charge in [0.1, 0.15) is 0 Å². The number of carbonyl (C=O) groups excluding carboxylic acids is 1. The van der Waals surface area contributed by atoms with Crippen molar-refractivity contribution >= 4 is 42.1 Å². The highest BCUT2D eigenvalue weighted by molar-refractivity contribution is 5.98. The first kappa shape index (κ1) is 20.3. The van der Waals surface area contributed by atoms with Crippen molar-refractivity contribution in [3.63, 3.8) is 0 Å². The fourth-order valence-corrected chi connectivity index (χ4v) is 4.14. The average molecular weight is 386 g/mol. The van der Waals surface area contributed by atoms with Gasteiger partial charge in [-0.2, -0.15) is 0 Å². The van der Waals surface area contributed by atoms with Crippen molar-refractivity contribution in [3.8, 4) is 0 Å². The second-order valence-corrected chi connectivity index (χ2v) is 7.48. The van der Waals surface area contributed by atoms with E-state index in [2.05, 4.69) is 23.1 Å². The van der Waals surface area contributed by atoms with Crippen molar-refractivity contribution in [2.45, 2.75) is 44.6 Å². The summed E-state index contributed by atoms with van der Waals surface area (Å²) < 4.78 is 0. The zero-order valence-electron chi connectivity index (χ0n) is 14.6. The molecule has 2 fully saturated rings. The second-order valence-electron chi connectivity index (χ2n) is 7.48. The maximum absolute atomic E-state index is 12.9. The first-order chi connectivity index (χ1) is 11.2. The van der Waals surface area contributed by atoms with E-state index in [1.807, 2.05) is 11.0 Å². The van der Waals surface area contributed by atoms with Crippen molar-refractivity contribution in [1.29, 1.82) is 0 Å². The molecule has 1 amide bonds. The normalized spacial score (nSPS) is 25.0. The Bertz CT molecular complexity index is 594. The highest BCUT2D eigenvalue weighted by Crippen LogP contribution is 2.38. The molecule has 4 nitrogen and oxygen atoms in total. The molecule has 0 aromatic heterocycles. The number of anilines is 2. The summed E-state index contributed by atoms with van der Waals surface area (Å²) in [5.41, 5.74) is 8.48. The van der Waals surface area contributed by atoms with Crippen LogP contribution in [0.3, 0.4) is 0 Å². The molecular weight excluding hydrogens is 357 g/mol. The van der Waals surface area contributed by atoms with Crippen LogP contribution in [0.1, 0.15) is 38.5 Å². The Hall–Kier alpha value is -0.970. The maximum atomic E-state index is 12.9. The number of rotatable bonds is 4. The van der Waals surface area contributed by atoms with Gasteiger partial charge in [0.05, 0.1) is 11.4 Å². The van der Waals surface area contributed by atoms with E-state index in [0.717, 1.165) is 44.1 Å². The Morgan fingerprint density at radius 1 is 1.04 bits per heavy atom. The smallest absolute Gasteiger partial charge is 0.227 e. The summed E-state index contributed by atoms with van der Waals surface area (Å²) >= 11 is 0. The van der Waals surface area contributed by atoms with Crippen LogP contribution in [0.25, 0.3) is 0 Å². The van der Waals surface area contributed by atoms with E-state index in [1.165, 1.54) is 24.9 Å². The molecule has 0 unspecified atom stereocenters. The molecule has 6 heteroatoms. The molecule has 2 N–H and O–H groups in total. The van der Waals surface area contributed by atoms with Gasteiger partial charge < -0.3 is 15.5 Å². The van der Waals surface area contributed by atoms with Gasteiger partial charge in [0.2, 0.25) is 5.91 Å². The third-order valence-corrected chi connectivity index (χ3v) is 5.74. The number of hydrogen-bond donors (Lipinski definition) is 1. The number of hydrogen-bond acceptors (Lipinski definition) is 3. The Morgan fingerprint density at radius 3 is 2.40 bits per heavy atom. The molecule has 4 rings (SSSR count). The molecule has 1 aliphatic heterocycles. The molecule has 1 heterocycles. The van der Waals surface area contributed by atoms with E-state index in [9.17, 15) is 4.79 Å². The van der Waals surface area contributed by atoms with Gasteiger partial charge in [-0.05, 0) is 49.7 Å². The zero-order valence-corrected chi connectivity index (χ0v) is 16.2. The molecule has 1 aromatic rings.